The molecule has 1 unspecified atom stereocenters. The van der Waals surface area contributed by atoms with E-state index in [0.29, 0.717) is 0 Å². The Bertz CT molecular complexity index is 637. The molecule has 0 saturated heterocycles. The van der Waals surface area contributed by atoms with Crippen molar-refractivity contribution < 1.29 is 5.11 Å². The zero-order valence-electron chi connectivity index (χ0n) is 11.3. The summed E-state index contributed by atoms with van der Waals surface area (Å²) in [6.45, 7) is 2.10. The van der Waals surface area contributed by atoms with Gasteiger partial charge >= 0.3 is 0 Å². The molecule has 0 bridgehead atoms. The van der Waals surface area contributed by atoms with Crippen molar-refractivity contribution in [3.63, 3.8) is 0 Å². The van der Waals surface area contributed by atoms with Crippen LogP contribution in [0.3, 0.4) is 0 Å². The minimum Gasteiger partial charge on any atom is -0.392 e. The number of aromatic nitrogens is 1. The van der Waals surface area contributed by atoms with E-state index in [9.17, 15) is 5.11 Å². The van der Waals surface area contributed by atoms with Crippen molar-refractivity contribution >= 4 is 16.8 Å². The van der Waals surface area contributed by atoms with Gasteiger partial charge in [0.05, 0.1) is 23.4 Å². The first-order chi connectivity index (χ1) is 9.76. The number of aliphatic imine (C=N–C) groups is 1. The highest BCUT2D eigenvalue weighted by molar-refractivity contribution is 8.14. The third-order valence-electron chi connectivity index (χ3n) is 3.36. The quantitative estimate of drug-likeness (QED) is 0.939. The molecule has 0 radical (unpaired) electrons. The van der Waals surface area contributed by atoms with Crippen molar-refractivity contribution in [2.45, 2.75) is 19.6 Å². The van der Waals surface area contributed by atoms with Crippen LogP contribution < -0.4 is 0 Å². The number of aliphatic hydroxyl groups excluding tert-OH is 1. The molecule has 20 heavy (non-hydrogen) atoms. The summed E-state index contributed by atoms with van der Waals surface area (Å²) in [5, 5.41) is 10.3. The number of hydrogen-bond acceptors (Lipinski definition) is 4. The Balaban J connectivity index is 1.85. The van der Waals surface area contributed by atoms with Crippen LogP contribution in [-0.4, -0.2) is 20.9 Å². The van der Waals surface area contributed by atoms with Crippen LogP contribution in [0.4, 0.5) is 0 Å². The van der Waals surface area contributed by atoms with Crippen molar-refractivity contribution in [3.05, 3.63) is 53.7 Å². The number of nitrogens with zero attached hydrogens (tertiary/aromatic N) is 2. The van der Waals surface area contributed by atoms with E-state index in [2.05, 4.69) is 16.0 Å². The average molecular weight is 284 g/mol. The van der Waals surface area contributed by atoms with Gasteiger partial charge in [0.15, 0.2) is 0 Å². The van der Waals surface area contributed by atoms with Gasteiger partial charge in [0, 0.05) is 17.5 Å². The normalized spacial score (nSPS) is 18.1. The third-order valence-corrected chi connectivity index (χ3v) is 4.37. The Kier molecular flexibility index (Phi) is 3.85. The Morgan fingerprint density at radius 2 is 2.20 bits per heavy atom. The van der Waals surface area contributed by atoms with Gasteiger partial charge < -0.3 is 5.11 Å². The van der Waals surface area contributed by atoms with Crippen LogP contribution >= 0.6 is 11.8 Å². The van der Waals surface area contributed by atoms with Crippen molar-refractivity contribution in [1.29, 1.82) is 0 Å². The second kappa shape index (κ2) is 5.77. The molecule has 102 valence electrons. The highest BCUT2D eigenvalue weighted by Gasteiger charge is 2.17. The summed E-state index contributed by atoms with van der Waals surface area (Å²) in [4.78, 5) is 9.13. The predicted octanol–water partition coefficient (Wildman–Crippen LogP) is 3.45. The van der Waals surface area contributed by atoms with Crippen LogP contribution in [0.1, 0.15) is 24.1 Å². The van der Waals surface area contributed by atoms with Crippen LogP contribution in [0.2, 0.25) is 0 Å². The van der Waals surface area contributed by atoms with Crippen molar-refractivity contribution in [3.8, 4) is 11.3 Å². The van der Waals surface area contributed by atoms with Gasteiger partial charge in [-0.15, -0.1) is 11.8 Å². The molecule has 4 heteroatoms. The first-order valence-corrected chi connectivity index (χ1v) is 7.58. The lowest BCUT2D eigenvalue weighted by Gasteiger charge is -2.08. The molecule has 1 aromatic carbocycles. The number of hydrogen-bond donors (Lipinski definition) is 1. The highest BCUT2D eigenvalue weighted by atomic mass is 32.2. The summed E-state index contributed by atoms with van der Waals surface area (Å²) in [5.41, 5.74) is 4.02. The molecular weight excluding hydrogens is 268 g/mol. The maximum absolute atomic E-state index is 9.18. The predicted molar refractivity (Wildman–Crippen MR) is 83.9 cm³/mol. The Labute approximate surface area is 122 Å². The van der Waals surface area contributed by atoms with Crippen molar-refractivity contribution in [1.82, 2.24) is 4.98 Å². The van der Waals surface area contributed by atoms with Crippen LogP contribution in [0.25, 0.3) is 11.3 Å². The molecule has 3 rings (SSSR count). The minimum atomic E-state index is 0.0548. The van der Waals surface area contributed by atoms with Gasteiger partial charge in [-0.2, -0.15) is 0 Å². The maximum atomic E-state index is 9.18. The molecule has 3 nitrogen and oxygen atoms in total. The van der Waals surface area contributed by atoms with Gasteiger partial charge in [0.25, 0.3) is 0 Å². The number of thioether (sulfide) groups is 1. The fraction of sp³-hybridized carbons (Fsp3) is 0.250. The second-order valence-corrected chi connectivity index (χ2v) is 6.02. The number of pyridine rings is 1. The van der Waals surface area contributed by atoms with E-state index >= 15 is 0 Å². The van der Waals surface area contributed by atoms with Gasteiger partial charge in [0.1, 0.15) is 0 Å². The molecule has 2 heterocycles. The summed E-state index contributed by atoms with van der Waals surface area (Å²) in [7, 11) is 0. The van der Waals surface area contributed by atoms with Gasteiger partial charge in [0.2, 0.25) is 0 Å². The van der Waals surface area contributed by atoms with Crippen LogP contribution in [0, 0.1) is 0 Å². The zero-order valence-corrected chi connectivity index (χ0v) is 12.1. The number of rotatable bonds is 3. The lowest BCUT2D eigenvalue weighted by molar-refractivity contribution is 0.282. The largest absolute Gasteiger partial charge is 0.392 e. The molecular formula is C16H16N2OS. The van der Waals surface area contributed by atoms with Gasteiger partial charge in [-0.25, -0.2) is 0 Å². The summed E-state index contributed by atoms with van der Waals surface area (Å²) in [6, 6.07) is 12.2. The molecule has 2 aromatic rings. The molecule has 1 atom stereocenters. The molecule has 0 saturated carbocycles. The average Bonchev–Trinajstić information content (AvgIpc) is 2.94. The molecule has 0 amide bonds. The highest BCUT2D eigenvalue weighted by Crippen LogP contribution is 2.30. The molecule has 0 spiro atoms. The molecule has 0 fully saturated rings. The topological polar surface area (TPSA) is 45.5 Å². The molecule has 0 aliphatic carbocycles. The summed E-state index contributed by atoms with van der Waals surface area (Å²) in [5.74, 6) is 1.01. The fourth-order valence-electron chi connectivity index (χ4n) is 2.27. The Hall–Kier alpha value is -1.65. The summed E-state index contributed by atoms with van der Waals surface area (Å²) < 4.78 is 0. The molecule has 1 aliphatic heterocycles. The second-order valence-electron chi connectivity index (χ2n) is 4.81. The number of benzene rings is 1. The van der Waals surface area contributed by atoms with Gasteiger partial charge in [-0.3, -0.25) is 9.98 Å². The Morgan fingerprint density at radius 3 is 2.85 bits per heavy atom. The summed E-state index contributed by atoms with van der Waals surface area (Å²) in [6.07, 6.45) is 1.91. The van der Waals surface area contributed by atoms with E-state index in [-0.39, 0.29) is 12.6 Å². The first kappa shape index (κ1) is 13.3. The van der Waals surface area contributed by atoms with Crippen LogP contribution in [0.15, 0.2) is 47.6 Å². The molecule has 1 aromatic heterocycles. The van der Waals surface area contributed by atoms with E-state index in [0.717, 1.165) is 33.2 Å². The Morgan fingerprint density at radius 1 is 1.30 bits per heavy atom. The summed E-state index contributed by atoms with van der Waals surface area (Å²) >= 11 is 1.80. The minimum absolute atomic E-state index is 0.0548. The van der Waals surface area contributed by atoms with E-state index < -0.39 is 0 Å². The molecule has 1 N–H and O–H groups in total. The third kappa shape index (κ3) is 2.76. The fourth-order valence-corrected chi connectivity index (χ4v) is 3.13. The zero-order chi connectivity index (χ0) is 13.9. The standard InChI is InChI=1S/C16H16N2OS/c1-11-18-16(10-20-11)14-5-6-15(17-8-14)13-4-2-3-12(7-13)9-19/h2-8,16,19H,9-10H2,1H3. The van der Waals surface area contributed by atoms with E-state index in [1.54, 1.807) is 11.8 Å². The van der Waals surface area contributed by atoms with E-state index in [1.165, 1.54) is 0 Å². The lowest BCUT2D eigenvalue weighted by Crippen LogP contribution is -1.96. The smallest absolute Gasteiger partial charge is 0.0867 e. The lowest BCUT2D eigenvalue weighted by atomic mass is 10.1. The SMILES string of the molecule is CC1=NC(c2ccc(-c3cccc(CO)c3)nc2)CS1. The van der Waals surface area contributed by atoms with E-state index in [4.69, 9.17) is 0 Å². The van der Waals surface area contributed by atoms with Gasteiger partial charge in [-0.05, 0) is 30.2 Å². The van der Waals surface area contributed by atoms with Crippen molar-refractivity contribution in [2.75, 3.05) is 5.75 Å². The van der Waals surface area contributed by atoms with Gasteiger partial charge in [-0.1, -0.05) is 24.3 Å². The number of aliphatic hydroxyl groups is 1. The monoisotopic (exact) mass is 284 g/mol. The first-order valence-electron chi connectivity index (χ1n) is 6.59. The van der Waals surface area contributed by atoms with Crippen molar-refractivity contribution in [2.24, 2.45) is 4.99 Å². The van der Waals surface area contributed by atoms with Crippen LogP contribution in [0.5, 0.6) is 0 Å². The maximum Gasteiger partial charge on any atom is 0.0867 e. The van der Waals surface area contributed by atoms with Crippen LogP contribution in [-0.2, 0) is 6.61 Å². The molecule has 1 aliphatic rings. The van der Waals surface area contributed by atoms with E-state index in [1.807, 2.05) is 43.5 Å².